The minimum atomic E-state index is -0.841. The summed E-state index contributed by atoms with van der Waals surface area (Å²) in [5.41, 5.74) is -0.163. The van der Waals surface area contributed by atoms with Crippen molar-refractivity contribution < 1.29 is 9.18 Å². The third-order valence-electron chi connectivity index (χ3n) is 1.88. The lowest BCUT2D eigenvalue weighted by atomic mass is 10.2. The van der Waals surface area contributed by atoms with Crippen molar-refractivity contribution in [2.75, 3.05) is 5.32 Å². The molecule has 2 rings (SSSR count). The molecule has 0 unspecified atom stereocenters. The molecule has 0 fully saturated rings. The topological polar surface area (TPSA) is 67.8 Å². The standard InChI is InChI=1S/C10H6ClFN4O/c11-7-3-4-8(16-15-7)14-10(17)6-2-1-5-13-9(6)12/h1-5H,(H,14,16,17). The van der Waals surface area contributed by atoms with Gasteiger partial charge in [0.1, 0.15) is 0 Å². The van der Waals surface area contributed by atoms with Crippen LogP contribution in [0.1, 0.15) is 10.4 Å². The first-order chi connectivity index (χ1) is 8.16. The predicted octanol–water partition coefficient (Wildman–Crippen LogP) is 1.92. The van der Waals surface area contributed by atoms with Crippen molar-refractivity contribution in [3.05, 3.63) is 47.1 Å². The molecule has 0 aliphatic carbocycles. The van der Waals surface area contributed by atoms with Crippen LogP contribution < -0.4 is 5.32 Å². The minimum absolute atomic E-state index is 0.163. The molecular weight excluding hydrogens is 247 g/mol. The van der Waals surface area contributed by atoms with E-state index in [2.05, 4.69) is 20.5 Å². The van der Waals surface area contributed by atoms with Gasteiger partial charge in [0.05, 0.1) is 5.56 Å². The van der Waals surface area contributed by atoms with Gasteiger partial charge in [0.2, 0.25) is 5.95 Å². The minimum Gasteiger partial charge on any atom is -0.305 e. The summed E-state index contributed by atoms with van der Waals surface area (Å²) in [6, 6.07) is 5.71. The zero-order chi connectivity index (χ0) is 12.3. The number of pyridine rings is 1. The zero-order valence-corrected chi connectivity index (χ0v) is 9.15. The number of halogens is 2. The fraction of sp³-hybridized carbons (Fsp3) is 0. The molecule has 17 heavy (non-hydrogen) atoms. The Morgan fingerprint density at radius 2 is 2.12 bits per heavy atom. The number of rotatable bonds is 2. The maximum atomic E-state index is 13.2. The molecule has 2 aromatic heterocycles. The normalized spacial score (nSPS) is 10.0. The van der Waals surface area contributed by atoms with Gasteiger partial charge in [-0.25, -0.2) is 4.98 Å². The number of nitrogens with zero attached hydrogens (tertiary/aromatic N) is 3. The van der Waals surface area contributed by atoms with Gasteiger partial charge in [-0.2, -0.15) is 4.39 Å². The van der Waals surface area contributed by atoms with Crippen LogP contribution in [0.5, 0.6) is 0 Å². The second-order valence-corrected chi connectivity index (χ2v) is 3.42. The Morgan fingerprint density at radius 1 is 1.29 bits per heavy atom. The summed E-state index contributed by atoms with van der Waals surface area (Å²) < 4.78 is 13.2. The Hall–Kier alpha value is -2.08. The van der Waals surface area contributed by atoms with Crippen LogP contribution in [0.2, 0.25) is 5.15 Å². The molecule has 0 bridgehead atoms. The average molecular weight is 253 g/mol. The molecule has 2 aromatic rings. The fourth-order valence-corrected chi connectivity index (χ4v) is 1.22. The lowest BCUT2D eigenvalue weighted by Crippen LogP contribution is -2.15. The number of anilines is 1. The van der Waals surface area contributed by atoms with E-state index in [4.69, 9.17) is 11.6 Å². The molecular formula is C10H6ClFN4O. The van der Waals surface area contributed by atoms with Crippen molar-refractivity contribution in [3.63, 3.8) is 0 Å². The SMILES string of the molecule is O=C(Nc1ccc(Cl)nn1)c1cccnc1F. The van der Waals surface area contributed by atoms with Crippen molar-refractivity contribution in [3.8, 4) is 0 Å². The number of amides is 1. The molecule has 1 N–H and O–H groups in total. The van der Waals surface area contributed by atoms with Gasteiger partial charge in [0.15, 0.2) is 11.0 Å². The van der Waals surface area contributed by atoms with E-state index in [0.717, 1.165) is 0 Å². The van der Waals surface area contributed by atoms with Crippen LogP contribution in [0.25, 0.3) is 0 Å². The number of hydrogen-bond donors (Lipinski definition) is 1. The van der Waals surface area contributed by atoms with Gasteiger partial charge in [-0.1, -0.05) is 11.6 Å². The summed E-state index contributed by atoms with van der Waals surface area (Å²) in [5.74, 6) is -1.30. The quantitative estimate of drug-likeness (QED) is 0.829. The van der Waals surface area contributed by atoms with Crippen molar-refractivity contribution in [1.82, 2.24) is 15.2 Å². The van der Waals surface area contributed by atoms with Gasteiger partial charge in [-0.15, -0.1) is 10.2 Å². The van der Waals surface area contributed by atoms with Crippen LogP contribution in [0.15, 0.2) is 30.5 Å². The third-order valence-corrected chi connectivity index (χ3v) is 2.08. The lowest BCUT2D eigenvalue weighted by Gasteiger charge is -2.03. The number of nitrogens with one attached hydrogen (secondary N) is 1. The second-order valence-electron chi connectivity index (χ2n) is 3.04. The first-order valence-corrected chi connectivity index (χ1v) is 4.96. The lowest BCUT2D eigenvalue weighted by molar-refractivity contribution is 0.102. The highest BCUT2D eigenvalue weighted by Crippen LogP contribution is 2.09. The molecule has 0 spiro atoms. The summed E-state index contributed by atoms with van der Waals surface area (Å²) in [7, 11) is 0. The van der Waals surface area contributed by atoms with Crippen LogP contribution in [-0.2, 0) is 0 Å². The van der Waals surface area contributed by atoms with Crippen molar-refractivity contribution >= 4 is 23.3 Å². The van der Waals surface area contributed by atoms with Crippen molar-refractivity contribution in [2.24, 2.45) is 0 Å². The monoisotopic (exact) mass is 252 g/mol. The number of carbonyl (C=O) groups is 1. The third kappa shape index (κ3) is 2.73. The molecule has 0 saturated carbocycles. The Labute approximate surface area is 101 Å². The molecule has 86 valence electrons. The Balaban J connectivity index is 2.17. The van der Waals surface area contributed by atoms with E-state index in [1.165, 1.54) is 30.5 Å². The average Bonchev–Trinajstić information content (AvgIpc) is 2.32. The summed E-state index contributed by atoms with van der Waals surface area (Å²) in [5, 5.41) is 9.74. The highest BCUT2D eigenvalue weighted by molar-refractivity contribution is 6.29. The van der Waals surface area contributed by atoms with Crippen LogP contribution in [0, 0.1) is 5.95 Å². The Bertz CT molecular complexity index is 546. The summed E-state index contributed by atoms with van der Waals surface area (Å²) >= 11 is 5.53. The fourth-order valence-electron chi connectivity index (χ4n) is 1.12. The van der Waals surface area contributed by atoms with Crippen LogP contribution >= 0.6 is 11.6 Å². The highest BCUT2D eigenvalue weighted by Gasteiger charge is 2.12. The van der Waals surface area contributed by atoms with E-state index in [1.807, 2.05) is 0 Å². The zero-order valence-electron chi connectivity index (χ0n) is 8.39. The van der Waals surface area contributed by atoms with Gasteiger partial charge in [-0.05, 0) is 24.3 Å². The molecule has 1 amide bonds. The Morgan fingerprint density at radius 3 is 2.76 bits per heavy atom. The van der Waals surface area contributed by atoms with Gasteiger partial charge in [-0.3, -0.25) is 4.79 Å². The molecule has 0 aromatic carbocycles. The second kappa shape index (κ2) is 4.84. The summed E-state index contributed by atoms with van der Waals surface area (Å²) in [6.07, 6.45) is 1.26. The van der Waals surface area contributed by atoms with E-state index in [9.17, 15) is 9.18 Å². The summed E-state index contributed by atoms with van der Waals surface area (Å²) in [6.45, 7) is 0. The molecule has 0 saturated heterocycles. The maximum absolute atomic E-state index is 13.2. The van der Waals surface area contributed by atoms with Gasteiger partial charge >= 0.3 is 0 Å². The van der Waals surface area contributed by atoms with Gasteiger partial charge in [0, 0.05) is 6.20 Å². The number of carbonyl (C=O) groups excluding carboxylic acids is 1. The Kier molecular flexibility index (Phi) is 3.24. The van der Waals surface area contributed by atoms with Gasteiger partial charge < -0.3 is 5.32 Å². The van der Waals surface area contributed by atoms with Crippen LogP contribution in [0.3, 0.4) is 0 Å². The largest absolute Gasteiger partial charge is 0.305 e. The van der Waals surface area contributed by atoms with E-state index >= 15 is 0 Å². The van der Waals surface area contributed by atoms with Crippen LogP contribution in [0.4, 0.5) is 10.2 Å². The van der Waals surface area contributed by atoms with Crippen molar-refractivity contribution in [2.45, 2.75) is 0 Å². The van der Waals surface area contributed by atoms with Gasteiger partial charge in [0.25, 0.3) is 5.91 Å². The van der Waals surface area contributed by atoms with E-state index in [0.29, 0.717) is 0 Å². The van der Waals surface area contributed by atoms with Crippen LogP contribution in [-0.4, -0.2) is 21.1 Å². The highest BCUT2D eigenvalue weighted by atomic mass is 35.5. The van der Waals surface area contributed by atoms with E-state index < -0.39 is 11.9 Å². The predicted molar refractivity (Wildman–Crippen MR) is 59.2 cm³/mol. The molecule has 7 heteroatoms. The molecule has 0 atom stereocenters. The first kappa shape index (κ1) is 11.4. The molecule has 5 nitrogen and oxygen atoms in total. The molecule has 0 aliphatic rings. The maximum Gasteiger partial charge on any atom is 0.261 e. The summed E-state index contributed by atoms with van der Waals surface area (Å²) in [4.78, 5) is 15.0. The number of hydrogen-bond acceptors (Lipinski definition) is 4. The molecule has 2 heterocycles. The molecule has 0 radical (unpaired) electrons. The molecule has 0 aliphatic heterocycles. The van der Waals surface area contributed by atoms with E-state index in [-0.39, 0.29) is 16.5 Å². The van der Waals surface area contributed by atoms with E-state index in [1.54, 1.807) is 0 Å². The number of aromatic nitrogens is 3. The first-order valence-electron chi connectivity index (χ1n) is 4.58. The van der Waals surface area contributed by atoms with Crippen molar-refractivity contribution in [1.29, 1.82) is 0 Å². The smallest absolute Gasteiger partial charge is 0.261 e.